The average Bonchev–Trinajstić information content (AvgIpc) is 3.28. The zero-order valence-corrected chi connectivity index (χ0v) is 47.6. The monoisotopic (exact) mass is 947 g/mol. The Morgan fingerprint density at radius 2 is 0.373 bits per heavy atom. The first-order valence-corrected chi connectivity index (χ1v) is 30.9. The molecule has 0 aromatic carbocycles. The molecule has 0 aromatic heterocycles. The molecule has 0 saturated heterocycles. The molecule has 0 N–H and O–H groups in total. The molecule has 0 rings (SSSR count). The van der Waals surface area contributed by atoms with Crippen molar-refractivity contribution in [1.82, 2.24) is 0 Å². The van der Waals surface area contributed by atoms with Crippen LogP contribution in [0.3, 0.4) is 0 Å². The predicted molar refractivity (Wildman–Crippen MR) is 298 cm³/mol. The number of carbonyl (C=O) groups excluding carboxylic acids is 2. The second-order valence-corrected chi connectivity index (χ2v) is 23.2. The third kappa shape index (κ3) is 67.1. The SMILES string of the molecule is CC(C)CCCCCCCCCCCCCCCOC(=O)CCCCCC(C)C.CC(C)CCCCCCCCCCCCCCCOC(=O)CCCCCCCCCCCCCCC(C)C. The van der Waals surface area contributed by atoms with Crippen LogP contribution in [0.15, 0.2) is 0 Å². The Morgan fingerprint density at radius 1 is 0.224 bits per heavy atom. The van der Waals surface area contributed by atoms with Crippen molar-refractivity contribution in [3.63, 3.8) is 0 Å². The lowest BCUT2D eigenvalue weighted by Crippen LogP contribution is -2.05. The van der Waals surface area contributed by atoms with Gasteiger partial charge in [-0.3, -0.25) is 9.59 Å². The van der Waals surface area contributed by atoms with Gasteiger partial charge in [-0.1, -0.05) is 319 Å². The molecule has 0 atom stereocenters. The predicted octanol–water partition coefficient (Wildman–Crippen LogP) is 22.0. The minimum absolute atomic E-state index is 0.00877. The molecule has 0 aromatic rings. The van der Waals surface area contributed by atoms with Gasteiger partial charge >= 0.3 is 11.9 Å². The highest BCUT2D eigenvalue weighted by Gasteiger charge is 2.05. The summed E-state index contributed by atoms with van der Waals surface area (Å²) in [5.41, 5.74) is 0. The Balaban J connectivity index is 0. The highest BCUT2D eigenvalue weighted by atomic mass is 16.5. The minimum atomic E-state index is 0.00877. The molecule has 0 spiro atoms. The smallest absolute Gasteiger partial charge is 0.305 e. The normalized spacial score (nSPS) is 11.6. The maximum atomic E-state index is 11.9. The van der Waals surface area contributed by atoms with Gasteiger partial charge < -0.3 is 9.47 Å². The van der Waals surface area contributed by atoms with E-state index in [-0.39, 0.29) is 11.9 Å². The van der Waals surface area contributed by atoms with E-state index >= 15 is 0 Å². The van der Waals surface area contributed by atoms with Gasteiger partial charge in [0.15, 0.2) is 0 Å². The van der Waals surface area contributed by atoms with Crippen molar-refractivity contribution in [1.29, 1.82) is 0 Å². The second kappa shape index (κ2) is 57.5. The first-order valence-electron chi connectivity index (χ1n) is 30.9. The van der Waals surface area contributed by atoms with Crippen LogP contribution in [-0.2, 0) is 19.1 Å². The number of hydrogen-bond donors (Lipinski definition) is 0. The number of hydrogen-bond acceptors (Lipinski definition) is 4. The molecule has 0 aliphatic carbocycles. The van der Waals surface area contributed by atoms with E-state index in [0.29, 0.717) is 26.1 Å². The molecule has 0 bridgehead atoms. The molecule has 402 valence electrons. The van der Waals surface area contributed by atoms with E-state index in [9.17, 15) is 9.59 Å². The summed E-state index contributed by atoms with van der Waals surface area (Å²) >= 11 is 0. The van der Waals surface area contributed by atoms with Crippen molar-refractivity contribution in [2.45, 2.75) is 357 Å². The summed E-state index contributed by atoms with van der Waals surface area (Å²) in [5, 5.41) is 0. The molecule has 0 unspecified atom stereocenters. The van der Waals surface area contributed by atoms with E-state index in [1.807, 2.05) is 0 Å². The molecule has 0 aliphatic rings. The zero-order chi connectivity index (χ0) is 49.5. The molecule has 4 heteroatoms. The van der Waals surface area contributed by atoms with E-state index < -0.39 is 0 Å². The first kappa shape index (κ1) is 68.0. The Labute approximate surface area is 423 Å². The molecule has 0 heterocycles. The summed E-state index contributed by atoms with van der Waals surface area (Å²) in [7, 11) is 0. The van der Waals surface area contributed by atoms with Gasteiger partial charge in [0.2, 0.25) is 0 Å². The molecule has 0 fully saturated rings. The van der Waals surface area contributed by atoms with Crippen molar-refractivity contribution in [3.05, 3.63) is 0 Å². The van der Waals surface area contributed by atoms with Gasteiger partial charge in [0.05, 0.1) is 13.2 Å². The highest BCUT2D eigenvalue weighted by Crippen LogP contribution is 2.18. The van der Waals surface area contributed by atoms with Crippen molar-refractivity contribution in [3.8, 4) is 0 Å². The Morgan fingerprint density at radius 3 is 0.567 bits per heavy atom. The number of carbonyl (C=O) groups is 2. The number of esters is 2. The van der Waals surface area contributed by atoms with Crippen LogP contribution in [0.1, 0.15) is 357 Å². The molecule has 4 nitrogen and oxygen atoms in total. The Bertz CT molecular complexity index is 940. The fourth-order valence-electron chi connectivity index (χ4n) is 9.30. The largest absolute Gasteiger partial charge is 0.466 e. The topological polar surface area (TPSA) is 52.6 Å². The van der Waals surface area contributed by atoms with Crippen LogP contribution in [-0.4, -0.2) is 25.2 Å². The van der Waals surface area contributed by atoms with Crippen LogP contribution in [0.2, 0.25) is 0 Å². The van der Waals surface area contributed by atoms with Crippen LogP contribution < -0.4 is 0 Å². The van der Waals surface area contributed by atoms with Gasteiger partial charge in [0, 0.05) is 12.8 Å². The fourth-order valence-corrected chi connectivity index (χ4v) is 9.30. The maximum Gasteiger partial charge on any atom is 0.305 e. The molecular formula is C63H126O4. The standard InChI is InChI=1S/C36H72O2.C27H54O2/c1-34(2)30-26-22-18-14-10-6-5-9-13-17-21-25-29-33-38-36(37)32-28-24-20-16-12-8-7-11-15-19-23-27-31-35(3)4;1-25(2)21-17-14-12-10-8-6-5-7-9-11-13-15-20-24-29-27(28)23-19-16-18-22-26(3)4/h34-35H,5-33H2,1-4H3;25-26H,5-24H2,1-4H3. The van der Waals surface area contributed by atoms with Crippen LogP contribution in [0.5, 0.6) is 0 Å². The molecule has 0 amide bonds. The molecule has 0 radical (unpaired) electrons. The highest BCUT2D eigenvalue weighted by molar-refractivity contribution is 5.69. The van der Waals surface area contributed by atoms with Crippen molar-refractivity contribution in [2.75, 3.05) is 13.2 Å². The summed E-state index contributed by atoms with van der Waals surface area (Å²) < 4.78 is 10.8. The Hall–Kier alpha value is -1.06. The number of rotatable bonds is 53. The van der Waals surface area contributed by atoms with Crippen molar-refractivity contribution in [2.24, 2.45) is 23.7 Å². The lowest BCUT2D eigenvalue weighted by Gasteiger charge is -2.06. The van der Waals surface area contributed by atoms with Crippen LogP contribution >= 0.6 is 0 Å². The van der Waals surface area contributed by atoms with Gasteiger partial charge in [-0.25, -0.2) is 0 Å². The van der Waals surface area contributed by atoms with Gasteiger partial charge in [-0.15, -0.1) is 0 Å². The third-order valence-electron chi connectivity index (χ3n) is 14.0. The van der Waals surface area contributed by atoms with Gasteiger partial charge in [-0.05, 0) is 49.4 Å². The van der Waals surface area contributed by atoms with E-state index in [4.69, 9.17) is 9.47 Å². The van der Waals surface area contributed by atoms with E-state index in [0.717, 1.165) is 55.8 Å². The fraction of sp³-hybridized carbons (Fsp3) is 0.968. The third-order valence-corrected chi connectivity index (χ3v) is 14.0. The second-order valence-electron chi connectivity index (χ2n) is 23.2. The molecule has 67 heavy (non-hydrogen) atoms. The minimum Gasteiger partial charge on any atom is -0.466 e. The van der Waals surface area contributed by atoms with Crippen molar-refractivity contribution >= 4 is 11.9 Å². The van der Waals surface area contributed by atoms with E-state index in [1.165, 1.54) is 257 Å². The molecule has 0 saturated carbocycles. The van der Waals surface area contributed by atoms with Crippen LogP contribution in [0, 0.1) is 23.7 Å². The summed E-state index contributed by atoms with van der Waals surface area (Å²) in [6.07, 6.45) is 61.6. The maximum absolute atomic E-state index is 11.9. The van der Waals surface area contributed by atoms with E-state index in [1.54, 1.807) is 0 Å². The summed E-state index contributed by atoms with van der Waals surface area (Å²) in [6, 6.07) is 0. The van der Waals surface area contributed by atoms with Crippen LogP contribution in [0.25, 0.3) is 0 Å². The van der Waals surface area contributed by atoms with Gasteiger partial charge in [0.1, 0.15) is 0 Å². The summed E-state index contributed by atoms with van der Waals surface area (Å²) in [5.74, 6) is 3.43. The molecule has 0 aliphatic heterocycles. The molecular weight excluding hydrogens is 821 g/mol. The lowest BCUT2D eigenvalue weighted by atomic mass is 10.0. The first-order chi connectivity index (χ1) is 32.5. The average molecular weight is 948 g/mol. The quantitative estimate of drug-likeness (QED) is 0.0450. The Kier molecular flexibility index (Phi) is 58.4. The van der Waals surface area contributed by atoms with Gasteiger partial charge in [-0.2, -0.15) is 0 Å². The van der Waals surface area contributed by atoms with Crippen molar-refractivity contribution < 1.29 is 19.1 Å². The zero-order valence-electron chi connectivity index (χ0n) is 47.6. The number of unbranched alkanes of at least 4 members (excludes halogenated alkanes) is 37. The summed E-state index contributed by atoms with van der Waals surface area (Å²) in [4.78, 5) is 23.6. The van der Waals surface area contributed by atoms with Gasteiger partial charge in [0.25, 0.3) is 0 Å². The summed E-state index contributed by atoms with van der Waals surface area (Å²) in [6.45, 7) is 19.7. The number of ether oxygens (including phenoxy) is 2. The lowest BCUT2D eigenvalue weighted by molar-refractivity contribution is -0.144. The van der Waals surface area contributed by atoms with Crippen LogP contribution in [0.4, 0.5) is 0 Å². The van der Waals surface area contributed by atoms with E-state index in [2.05, 4.69) is 55.4 Å².